The van der Waals surface area contributed by atoms with E-state index in [1.807, 2.05) is 41.0 Å². The summed E-state index contributed by atoms with van der Waals surface area (Å²) in [4.78, 5) is 5.96. The molecule has 1 aromatic heterocycles. The van der Waals surface area contributed by atoms with Gasteiger partial charge in [-0.25, -0.2) is 4.85 Å². The second kappa shape index (κ2) is 10.4. The minimum Gasteiger partial charge on any atom is -0.497 e. The number of benzene rings is 3. The lowest BCUT2D eigenvalue weighted by molar-refractivity contribution is 0.145. The van der Waals surface area contributed by atoms with Crippen LogP contribution < -0.4 is 14.2 Å². The minimum atomic E-state index is -0.0424. The largest absolute Gasteiger partial charge is 0.497 e. The molecule has 2 aliphatic heterocycles. The maximum absolute atomic E-state index is 10.2. The molecular weight excluding hydrogens is 478 g/mol. The van der Waals surface area contributed by atoms with Crippen LogP contribution in [0.25, 0.3) is 15.7 Å². The lowest BCUT2D eigenvalue weighted by atomic mass is 9.85. The second-order valence-electron chi connectivity index (χ2n) is 9.59. The van der Waals surface area contributed by atoms with Crippen LogP contribution in [0.1, 0.15) is 41.4 Å². The van der Waals surface area contributed by atoms with Gasteiger partial charge in [-0.3, -0.25) is 4.90 Å². The van der Waals surface area contributed by atoms with E-state index in [-0.39, 0.29) is 20.2 Å². The fraction of sp³-hybridized carbons (Fsp3) is 0.323. The lowest BCUT2D eigenvalue weighted by Gasteiger charge is -2.41. The fourth-order valence-electron chi connectivity index (χ4n) is 5.83. The first kappa shape index (κ1) is 25.7. The first-order valence-corrected chi connectivity index (χ1v) is 12.5. The van der Waals surface area contributed by atoms with Gasteiger partial charge in [-0.1, -0.05) is 31.7 Å². The Hall–Kier alpha value is -3.99. The van der Waals surface area contributed by atoms with Gasteiger partial charge in [-0.05, 0) is 65.4 Å². The van der Waals surface area contributed by atoms with E-state index in [4.69, 9.17) is 20.8 Å². The summed E-state index contributed by atoms with van der Waals surface area (Å²) in [5.74, 6) is 2.28. The summed E-state index contributed by atoms with van der Waals surface area (Å²) in [6.07, 6.45) is 1.78. The Morgan fingerprint density at radius 3 is 2.55 bits per heavy atom. The van der Waals surface area contributed by atoms with Crippen molar-refractivity contribution in [2.75, 3.05) is 20.8 Å². The summed E-state index contributed by atoms with van der Waals surface area (Å²) in [5, 5.41) is 11.3. The molecule has 0 saturated heterocycles. The van der Waals surface area contributed by atoms with E-state index in [2.05, 4.69) is 27.9 Å². The van der Waals surface area contributed by atoms with Gasteiger partial charge in [0.2, 0.25) is 0 Å². The summed E-state index contributed by atoms with van der Waals surface area (Å²) in [6, 6.07) is 18.0. The molecule has 1 unspecified atom stereocenters. The van der Waals surface area contributed by atoms with Gasteiger partial charge < -0.3 is 23.9 Å². The number of aliphatic hydroxyl groups is 1. The molecule has 2 aliphatic rings. The highest BCUT2D eigenvalue weighted by molar-refractivity contribution is 5.87. The molecule has 0 fully saturated rings. The van der Waals surface area contributed by atoms with E-state index < -0.39 is 0 Å². The molecule has 0 radical (unpaired) electrons. The standard InChI is InChI=1S/C30H29N3O4.CH4/c1-31-21-6-4-19(5-7-21)17-37-30-15-23-20(12-29(30)36-3)10-11-32-16-28-25(14-27(23)32)24-13-22(35-2)8-9-26(24)33(28)18-34;/h4-9,12-13,15,27,34H,10-11,14,16-18H2,2-3H3;1H4. The molecule has 7 nitrogen and oxygen atoms in total. The number of aliphatic hydroxyl groups excluding tert-OH is 1. The predicted octanol–water partition coefficient (Wildman–Crippen LogP) is 6.03. The van der Waals surface area contributed by atoms with Crippen LogP contribution in [0, 0.1) is 6.57 Å². The highest BCUT2D eigenvalue weighted by atomic mass is 16.5. The Morgan fingerprint density at radius 2 is 1.84 bits per heavy atom. The third kappa shape index (κ3) is 4.26. The van der Waals surface area contributed by atoms with Crippen LogP contribution in [0.3, 0.4) is 0 Å². The van der Waals surface area contributed by atoms with Crippen molar-refractivity contribution in [2.45, 2.75) is 46.2 Å². The van der Waals surface area contributed by atoms with Gasteiger partial charge in [0.05, 0.1) is 26.3 Å². The van der Waals surface area contributed by atoms with Crippen LogP contribution in [0.2, 0.25) is 0 Å². The molecule has 38 heavy (non-hydrogen) atoms. The summed E-state index contributed by atoms with van der Waals surface area (Å²) >= 11 is 0. The molecule has 0 bridgehead atoms. The molecule has 0 aliphatic carbocycles. The first-order chi connectivity index (χ1) is 18.1. The maximum atomic E-state index is 10.2. The number of aromatic nitrogens is 1. The van der Waals surface area contributed by atoms with Crippen molar-refractivity contribution in [2.24, 2.45) is 0 Å². The van der Waals surface area contributed by atoms with Crippen LogP contribution in [-0.4, -0.2) is 35.3 Å². The molecular formula is C31H33N3O4. The van der Waals surface area contributed by atoms with Crippen molar-refractivity contribution < 1.29 is 19.3 Å². The molecule has 196 valence electrons. The monoisotopic (exact) mass is 511 g/mol. The van der Waals surface area contributed by atoms with E-state index >= 15 is 0 Å². The lowest BCUT2D eigenvalue weighted by Crippen LogP contribution is -2.39. The zero-order chi connectivity index (χ0) is 25.5. The maximum Gasteiger partial charge on any atom is 0.187 e. The van der Waals surface area contributed by atoms with Crippen LogP contribution in [0.4, 0.5) is 5.69 Å². The molecule has 0 amide bonds. The number of fused-ring (bicyclic) bond motifs is 6. The number of hydrogen-bond donors (Lipinski definition) is 1. The van der Waals surface area contributed by atoms with Gasteiger partial charge >= 0.3 is 0 Å². The normalized spacial score (nSPS) is 16.0. The summed E-state index contributed by atoms with van der Waals surface area (Å²) in [7, 11) is 3.36. The third-order valence-corrected chi connectivity index (χ3v) is 7.74. The van der Waals surface area contributed by atoms with Gasteiger partial charge in [0.15, 0.2) is 17.2 Å². The number of hydrogen-bond acceptors (Lipinski definition) is 5. The topological polar surface area (TPSA) is 60.5 Å². The van der Waals surface area contributed by atoms with Crippen LogP contribution in [0.15, 0.2) is 54.6 Å². The van der Waals surface area contributed by atoms with Crippen LogP contribution in [0.5, 0.6) is 17.2 Å². The minimum absolute atomic E-state index is 0. The second-order valence-corrected chi connectivity index (χ2v) is 9.59. The van der Waals surface area contributed by atoms with E-state index in [0.717, 1.165) is 59.6 Å². The number of rotatable bonds is 6. The Labute approximate surface area is 223 Å². The molecule has 1 N–H and O–H groups in total. The average molecular weight is 512 g/mol. The summed E-state index contributed by atoms with van der Waals surface area (Å²) < 4.78 is 19.5. The van der Waals surface area contributed by atoms with E-state index in [1.54, 1.807) is 14.2 Å². The summed E-state index contributed by atoms with van der Waals surface area (Å²) in [5.41, 5.74) is 7.67. The first-order valence-electron chi connectivity index (χ1n) is 12.5. The van der Waals surface area contributed by atoms with Crippen molar-refractivity contribution >= 4 is 16.6 Å². The summed E-state index contributed by atoms with van der Waals surface area (Å²) in [6.45, 7) is 9.23. The van der Waals surface area contributed by atoms with Crippen LogP contribution >= 0.6 is 0 Å². The van der Waals surface area contributed by atoms with Crippen molar-refractivity contribution in [3.05, 3.63) is 94.0 Å². The van der Waals surface area contributed by atoms with Gasteiger partial charge in [-0.2, -0.15) is 0 Å². The van der Waals surface area contributed by atoms with Crippen molar-refractivity contribution in [1.29, 1.82) is 0 Å². The SMILES string of the molecule is C.[C-]#[N+]c1ccc(COc2cc3c(cc2OC)CCN2Cc4c(c5cc(OC)ccc5n4CO)CC32)cc1. The average Bonchev–Trinajstić information content (AvgIpc) is 3.26. The Bertz CT molecular complexity index is 1520. The quantitative estimate of drug-likeness (QED) is 0.320. The van der Waals surface area contributed by atoms with Crippen molar-refractivity contribution in [1.82, 2.24) is 9.47 Å². The Morgan fingerprint density at radius 1 is 1.03 bits per heavy atom. The smallest absolute Gasteiger partial charge is 0.187 e. The van der Waals surface area contributed by atoms with Crippen molar-refractivity contribution in [3.8, 4) is 17.2 Å². The molecule has 6 rings (SSSR count). The Kier molecular flexibility index (Phi) is 7.02. The molecule has 3 aromatic carbocycles. The third-order valence-electron chi connectivity index (χ3n) is 7.74. The molecule has 0 saturated carbocycles. The predicted molar refractivity (Wildman–Crippen MR) is 148 cm³/mol. The van der Waals surface area contributed by atoms with Gasteiger partial charge in [-0.15, -0.1) is 0 Å². The molecule has 3 heterocycles. The van der Waals surface area contributed by atoms with Crippen molar-refractivity contribution in [3.63, 3.8) is 0 Å². The Balaban J connectivity index is 0.00000294. The van der Waals surface area contributed by atoms with Gasteiger partial charge in [0, 0.05) is 30.2 Å². The van der Waals surface area contributed by atoms with E-state index in [0.29, 0.717) is 12.3 Å². The van der Waals surface area contributed by atoms with E-state index in [9.17, 15) is 5.11 Å². The number of methoxy groups -OCH3 is 2. The zero-order valence-electron chi connectivity index (χ0n) is 21.0. The number of nitrogens with zero attached hydrogens (tertiary/aromatic N) is 3. The number of ether oxygens (including phenoxy) is 3. The molecule has 1 atom stereocenters. The molecule has 4 aromatic rings. The van der Waals surface area contributed by atoms with Crippen LogP contribution in [-0.2, 0) is 32.7 Å². The molecule has 0 spiro atoms. The molecule has 7 heteroatoms. The van der Waals surface area contributed by atoms with Gasteiger partial charge in [0.25, 0.3) is 0 Å². The van der Waals surface area contributed by atoms with E-state index in [1.165, 1.54) is 22.4 Å². The fourth-order valence-corrected chi connectivity index (χ4v) is 5.83. The highest BCUT2D eigenvalue weighted by Crippen LogP contribution is 2.45. The zero-order valence-corrected chi connectivity index (χ0v) is 21.0. The van der Waals surface area contributed by atoms with Gasteiger partial charge in [0.1, 0.15) is 19.1 Å². The highest BCUT2D eigenvalue weighted by Gasteiger charge is 2.36.